The molecule has 0 N–H and O–H groups in total. The summed E-state index contributed by atoms with van der Waals surface area (Å²) in [6.07, 6.45) is 3.25. The molecule has 0 radical (unpaired) electrons. The van der Waals surface area contributed by atoms with E-state index in [9.17, 15) is 0 Å². The SMILES string of the molecule is [2H]C([2H])([2H])n1c2cnccc2c2c1oc1[n+]2Cc2ccccc2-1. The summed E-state index contributed by atoms with van der Waals surface area (Å²) in [6.45, 7) is -1.64. The van der Waals surface area contributed by atoms with Crippen LogP contribution in [0.25, 0.3) is 33.6 Å². The molecule has 4 heterocycles. The molecule has 5 rings (SSSR count). The van der Waals surface area contributed by atoms with Crippen molar-refractivity contribution >= 4 is 22.1 Å². The minimum Gasteiger partial charge on any atom is -0.380 e. The highest BCUT2D eigenvalue weighted by Gasteiger charge is 2.36. The number of hydrogen-bond acceptors (Lipinski definition) is 2. The van der Waals surface area contributed by atoms with Gasteiger partial charge < -0.3 is 8.98 Å². The molecule has 20 heavy (non-hydrogen) atoms. The summed E-state index contributed by atoms with van der Waals surface area (Å²) in [5.41, 5.74) is 3.94. The van der Waals surface area contributed by atoms with Crippen LogP contribution in [0.3, 0.4) is 0 Å². The van der Waals surface area contributed by atoms with E-state index in [4.69, 9.17) is 8.53 Å². The van der Waals surface area contributed by atoms with Crippen LogP contribution in [0.4, 0.5) is 0 Å². The molecule has 0 saturated heterocycles. The first kappa shape index (κ1) is 7.85. The van der Waals surface area contributed by atoms with Gasteiger partial charge in [0.25, 0.3) is 11.2 Å². The second kappa shape index (κ2) is 3.28. The Morgan fingerprint density at radius 2 is 2.30 bits per heavy atom. The van der Waals surface area contributed by atoms with E-state index in [-0.39, 0.29) is 0 Å². The quantitative estimate of drug-likeness (QED) is 0.403. The molecule has 1 aliphatic heterocycles. The van der Waals surface area contributed by atoms with Crippen molar-refractivity contribution in [2.75, 3.05) is 0 Å². The summed E-state index contributed by atoms with van der Waals surface area (Å²) in [5, 5.41) is 0.842. The first-order valence-electron chi connectivity index (χ1n) is 7.95. The van der Waals surface area contributed by atoms with Crippen molar-refractivity contribution in [3.8, 4) is 11.5 Å². The van der Waals surface area contributed by atoms with Crippen molar-refractivity contribution in [3.63, 3.8) is 0 Å². The maximum atomic E-state index is 7.85. The number of oxazole rings is 1. The van der Waals surface area contributed by atoms with Gasteiger partial charge in [-0.15, -0.1) is 4.57 Å². The third kappa shape index (κ3) is 1.04. The Labute approximate surface area is 119 Å². The van der Waals surface area contributed by atoms with Gasteiger partial charge in [0, 0.05) is 22.8 Å². The third-order valence-electron chi connectivity index (χ3n) is 3.99. The number of aromatic nitrogens is 3. The predicted octanol–water partition coefficient (Wildman–Crippen LogP) is 2.64. The van der Waals surface area contributed by atoms with Crippen LogP contribution in [-0.2, 0) is 13.5 Å². The smallest absolute Gasteiger partial charge is 0.380 e. The second-order valence-corrected chi connectivity index (χ2v) is 5.03. The fourth-order valence-corrected chi connectivity index (χ4v) is 3.09. The Morgan fingerprint density at radius 1 is 1.35 bits per heavy atom. The summed E-state index contributed by atoms with van der Waals surface area (Å²) < 4.78 is 32.9. The molecule has 3 aromatic heterocycles. The van der Waals surface area contributed by atoms with Gasteiger partial charge in [-0.05, 0) is 12.1 Å². The zero-order valence-electron chi connectivity index (χ0n) is 13.5. The number of hydrogen-bond donors (Lipinski definition) is 0. The highest BCUT2D eigenvalue weighted by Crippen LogP contribution is 2.34. The van der Waals surface area contributed by atoms with Crippen LogP contribution < -0.4 is 4.57 Å². The summed E-state index contributed by atoms with van der Waals surface area (Å²) >= 11 is 0. The summed E-state index contributed by atoms with van der Waals surface area (Å²) in [5.74, 6) is 0.710. The lowest BCUT2D eigenvalue weighted by atomic mass is 10.1. The number of rotatable bonds is 0. The molecule has 0 spiro atoms. The molecule has 0 atom stereocenters. The minimum atomic E-state index is -2.32. The average Bonchev–Trinajstić information content (AvgIpc) is 3.12. The molecule has 0 bridgehead atoms. The van der Waals surface area contributed by atoms with Gasteiger partial charge in [0.05, 0.1) is 22.7 Å². The Kier molecular flexibility index (Phi) is 1.29. The molecule has 96 valence electrons. The lowest BCUT2D eigenvalue weighted by molar-refractivity contribution is -0.648. The molecular formula is C16H12N3O+. The van der Waals surface area contributed by atoms with Crippen LogP contribution in [0.1, 0.15) is 9.68 Å². The molecule has 0 fully saturated rings. The Hall–Kier alpha value is -2.62. The van der Waals surface area contributed by atoms with Gasteiger partial charge >= 0.3 is 5.89 Å². The standard InChI is InChI=1S/C16H12N3O/c1-18-13-8-17-7-6-12(13)14-16(18)20-15-11-5-3-2-4-10(11)9-19(14)15/h2-8H,9H2,1H3/q+1/i1D3. The van der Waals surface area contributed by atoms with Crippen LogP contribution in [-0.4, -0.2) is 9.55 Å². The normalized spacial score (nSPS) is 15.9. The van der Waals surface area contributed by atoms with Gasteiger partial charge in [-0.3, -0.25) is 4.98 Å². The number of nitrogens with zero attached hydrogens (tertiary/aromatic N) is 3. The lowest BCUT2D eigenvalue weighted by Gasteiger charge is -1.93. The monoisotopic (exact) mass is 265 g/mol. The average molecular weight is 265 g/mol. The van der Waals surface area contributed by atoms with Crippen LogP contribution in [0, 0.1) is 0 Å². The maximum absolute atomic E-state index is 7.85. The predicted molar refractivity (Wildman–Crippen MR) is 75.2 cm³/mol. The van der Waals surface area contributed by atoms with E-state index in [2.05, 4.69) is 11.1 Å². The molecule has 4 aromatic rings. The first-order valence-corrected chi connectivity index (χ1v) is 6.45. The molecule has 0 saturated carbocycles. The van der Waals surface area contributed by atoms with E-state index in [1.54, 1.807) is 12.4 Å². The van der Waals surface area contributed by atoms with Crippen LogP contribution in [0.2, 0.25) is 0 Å². The lowest BCUT2D eigenvalue weighted by Crippen LogP contribution is -2.30. The van der Waals surface area contributed by atoms with Crippen molar-refractivity contribution in [2.45, 2.75) is 6.54 Å². The fraction of sp³-hybridized carbons (Fsp3) is 0.125. The van der Waals surface area contributed by atoms with Crippen LogP contribution >= 0.6 is 0 Å². The van der Waals surface area contributed by atoms with Gasteiger partial charge in [-0.25, -0.2) is 0 Å². The summed E-state index contributed by atoms with van der Waals surface area (Å²) in [6, 6.07) is 9.86. The molecule has 1 aromatic carbocycles. The topological polar surface area (TPSA) is 34.8 Å². The molecule has 4 heteroatoms. The minimum absolute atomic E-state index is 0.373. The van der Waals surface area contributed by atoms with E-state index < -0.39 is 6.98 Å². The molecular weight excluding hydrogens is 250 g/mol. The van der Waals surface area contributed by atoms with E-state index in [1.165, 1.54) is 10.1 Å². The number of fused-ring (bicyclic) bond motifs is 7. The first-order chi connectivity index (χ1) is 11.1. The Balaban J connectivity index is 1.96. The van der Waals surface area contributed by atoms with Gasteiger partial charge in [0.2, 0.25) is 0 Å². The zero-order valence-corrected chi connectivity index (χ0v) is 10.5. The summed E-state index contributed by atoms with van der Waals surface area (Å²) in [7, 11) is 0. The summed E-state index contributed by atoms with van der Waals surface area (Å²) in [4.78, 5) is 4.07. The Morgan fingerprint density at radius 3 is 3.25 bits per heavy atom. The van der Waals surface area contributed by atoms with E-state index in [0.29, 0.717) is 23.7 Å². The van der Waals surface area contributed by atoms with Gasteiger partial charge in [0.15, 0.2) is 6.54 Å². The molecule has 4 nitrogen and oxygen atoms in total. The molecule has 0 amide bonds. The third-order valence-corrected chi connectivity index (χ3v) is 3.99. The molecule has 0 aliphatic carbocycles. The van der Waals surface area contributed by atoms with Gasteiger partial charge in [-0.2, -0.15) is 0 Å². The van der Waals surface area contributed by atoms with Crippen LogP contribution in [0.5, 0.6) is 0 Å². The van der Waals surface area contributed by atoms with Crippen molar-refractivity contribution in [2.24, 2.45) is 6.98 Å². The van der Waals surface area contributed by atoms with Crippen molar-refractivity contribution in [1.82, 2.24) is 9.55 Å². The van der Waals surface area contributed by atoms with Crippen molar-refractivity contribution < 1.29 is 13.1 Å². The fourth-order valence-electron chi connectivity index (χ4n) is 3.09. The highest BCUT2D eigenvalue weighted by molar-refractivity contribution is 6.02. The van der Waals surface area contributed by atoms with E-state index in [0.717, 1.165) is 16.5 Å². The largest absolute Gasteiger partial charge is 0.383 e. The molecule has 1 aliphatic rings. The van der Waals surface area contributed by atoms with Crippen LogP contribution in [0.15, 0.2) is 47.1 Å². The van der Waals surface area contributed by atoms with E-state index >= 15 is 0 Å². The van der Waals surface area contributed by atoms with Gasteiger partial charge in [-0.1, -0.05) is 18.2 Å². The Bertz CT molecular complexity index is 1090. The number of pyridine rings is 1. The number of aryl methyl sites for hydroxylation is 1. The maximum Gasteiger partial charge on any atom is 0.383 e. The number of benzene rings is 1. The van der Waals surface area contributed by atoms with Crippen molar-refractivity contribution in [1.29, 1.82) is 0 Å². The van der Waals surface area contributed by atoms with Gasteiger partial charge in [0.1, 0.15) is 0 Å². The molecule has 0 unspecified atom stereocenters. The zero-order chi connectivity index (χ0) is 15.8. The second-order valence-electron chi connectivity index (χ2n) is 5.03. The highest BCUT2D eigenvalue weighted by atomic mass is 16.4. The van der Waals surface area contributed by atoms with Crippen molar-refractivity contribution in [3.05, 3.63) is 48.3 Å². The van der Waals surface area contributed by atoms with E-state index in [1.807, 2.05) is 28.8 Å².